The highest BCUT2D eigenvalue weighted by Gasteiger charge is 2.16. The van der Waals surface area contributed by atoms with Crippen LogP contribution < -0.4 is 7.35 Å². The fraction of sp³-hybridized carbons (Fsp3) is 0.100. The fourth-order valence-corrected chi connectivity index (χ4v) is 2.51. The maximum Gasteiger partial charge on any atom is 0.295 e. The normalized spacial score (nSPS) is 10.3. The molecule has 76 valence electrons. The molecule has 0 amide bonds. The van der Waals surface area contributed by atoms with Crippen LogP contribution in [0.4, 0.5) is 0 Å². The maximum atomic E-state index is 4.07. The number of nitrogens with zero attached hydrogens (tertiary/aromatic N) is 3. The zero-order valence-corrected chi connectivity index (χ0v) is 12.4. The Morgan fingerprint density at radius 1 is 1.33 bits per heavy atom. The molecular formula is C10H9I2N3+2. The van der Waals surface area contributed by atoms with Crippen LogP contribution >= 0.6 is 45.5 Å². The Morgan fingerprint density at radius 2 is 2.13 bits per heavy atom. The number of hydrogen-bond acceptors (Lipinski definition) is 1. The van der Waals surface area contributed by atoms with Crippen molar-refractivity contribution in [2.75, 3.05) is 0 Å². The number of aryl methyl sites for hydroxylation is 1. The Balaban J connectivity index is 2.65. The van der Waals surface area contributed by atoms with E-state index in [9.17, 15) is 0 Å². The largest absolute Gasteiger partial charge is 0.295 e. The van der Waals surface area contributed by atoms with Crippen LogP contribution in [-0.4, -0.2) is 4.98 Å². The summed E-state index contributed by atoms with van der Waals surface area (Å²) in [6.07, 6.45) is 5.66. The lowest BCUT2D eigenvalue weighted by Crippen LogP contribution is -2.33. The van der Waals surface area contributed by atoms with Gasteiger partial charge in [0, 0.05) is 34.7 Å². The van der Waals surface area contributed by atoms with Crippen LogP contribution in [0.3, 0.4) is 0 Å². The van der Waals surface area contributed by atoms with E-state index in [1.165, 1.54) is 9.26 Å². The minimum Gasteiger partial charge on any atom is -0.196 e. The van der Waals surface area contributed by atoms with Crippen molar-refractivity contribution in [2.45, 2.75) is 0 Å². The van der Waals surface area contributed by atoms with Crippen LogP contribution in [0.5, 0.6) is 0 Å². The van der Waals surface area contributed by atoms with Gasteiger partial charge in [-0.1, -0.05) is 4.98 Å². The average Bonchev–Trinajstić information content (AvgIpc) is 2.23. The summed E-state index contributed by atoms with van der Waals surface area (Å²) >= 11 is 4.58. The van der Waals surface area contributed by atoms with Gasteiger partial charge in [-0.15, -0.1) is 0 Å². The molecule has 0 spiro atoms. The minimum atomic E-state index is 1.16. The maximum absolute atomic E-state index is 4.07. The Labute approximate surface area is 116 Å². The van der Waals surface area contributed by atoms with Crippen molar-refractivity contribution in [2.24, 2.45) is 7.05 Å². The summed E-state index contributed by atoms with van der Waals surface area (Å²) in [5.41, 5.74) is 2.38. The summed E-state index contributed by atoms with van der Waals surface area (Å²) in [5.74, 6) is 0. The third-order valence-corrected chi connectivity index (χ3v) is 4.21. The van der Waals surface area contributed by atoms with Crippen molar-refractivity contribution in [3.05, 3.63) is 40.6 Å². The summed E-state index contributed by atoms with van der Waals surface area (Å²) in [6.45, 7) is 0. The molecule has 0 N–H and O–H groups in total. The highest BCUT2D eigenvalue weighted by atomic mass is 127. The molecule has 2 heterocycles. The second-order valence-electron chi connectivity index (χ2n) is 3.10. The van der Waals surface area contributed by atoms with Crippen molar-refractivity contribution in [3.63, 3.8) is 0 Å². The van der Waals surface area contributed by atoms with Gasteiger partial charge in [0.2, 0.25) is 22.9 Å². The highest BCUT2D eigenvalue weighted by molar-refractivity contribution is 14.1. The monoisotopic (exact) mass is 425 g/mol. The van der Waals surface area contributed by atoms with Crippen LogP contribution in [0.25, 0.3) is 11.3 Å². The van der Waals surface area contributed by atoms with E-state index in [-0.39, 0.29) is 0 Å². The molecule has 0 saturated carbocycles. The molecular weight excluding hydrogens is 416 g/mol. The van der Waals surface area contributed by atoms with E-state index < -0.39 is 0 Å². The predicted octanol–water partition coefficient (Wildman–Crippen LogP) is 1.66. The van der Waals surface area contributed by atoms with Crippen molar-refractivity contribution in [1.82, 2.24) is 4.98 Å². The molecule has 3 nitrogen and oxygen atoms in total. The SMILES string of the molecule is C[n+]1cccc(-c2ccnc[n+]2I)c1I. The van der Waals surface area contributed by atoms with Crippen LogP contribution in [0, 0.1) is 3.70 Å². The van der Waals surface area contributed by atoms with E-state index in [0.29, 0.717) is 0 Å². The first-order valence-corrected chi connectivity index (χ1v) is 6.41. The Bertz CT molecular complexity index is 500. The molecule has 0 aliphatic rings. The van der Waals surface area contributed by atoms with Gasteiger partial charge in [0.05, 0.1) is 0 Å². The second-order valence-corrected chi connectivity index (χ2v) is 5.16. The number of hydrogen-bond donors (Lipinski definition) is 0. The highest BCUT2D eigenvalue weighted by Crippen LogP contribution is 2.18. The van der Waals surface area contributed by atoms with Gasteiger partial charge in [-0.3, -0.25) is 0 Å². The zero-order chi connectivity index (χ0) is 10.8. The van der Waals surface area contributed by atoms with Crippen molar-refractivity contribution < 1.29 is 7.35 Å². The second kappa shape index (κ2) is 4.69. The summed E-state index contributed by atoms with van der Waals surface area (Å²) in [7, 11) is 2.05. The van der Waals surface area contributed by atoms with Gasteiger partial charge in [0.15, 0.2) is 11.9 Å². The first-order chi connectivity index (χ1) is 7.20. The number of rotatable bonds is 1. The molecule has 0 saturated heterocycles. The number of halogens is 2. The van der Waals surface area contributed by atoms with Crippen molar-refractivity contribution >= 4 is 45.5 Å². The molecule has 0 atom stereocenters. The van der Waals surface area contributed by atoms with Gasteiger partial charge in [-0.2, -0.15) is 7.35 Å². The molecule has 0 fully saturated rings. The van der Waals surface area contributed by atoms with Crippen LogP contribution in [0.15, 0.2) is 36.9 Å². The molecule has 5 heteroatoms. The molecule has 2 rings (SSSR count). The third kappa shape index (κ3) is 2.27. The quantitative estimate of drug-likeness (QED) is 0.387. The Kier molecular flexibility index (Phi) is 3.49. The van der Waals surface area contributed by atoms with Gasteiger partial charge >= 0.3 is 0 Å². The molecule has 0 unspecified atom stereocenters. The summed E-state index contributed by atoms with van der Waals surface area (Å²) in [4.78, 5) is 4.07. The fourth-order valence-electron chi connectivity index (χ4n) is 1.33. The lowest BCUT2D eigenvalue weighted by atomic mass is 10.2. The van der Waals surface area contributed by atoms with Gasteiger partial charge in [0.1, 0.15) is 18.8 Å². The molecule has 0 radical (unpaired) electrons. The first kappa shape index (κ1) is 11.2. The van der Waals surface area contributed by atoms with Gasteiger partial charge in [-0.05, 0) is 6.07 Å². The number of pyridine rings is 1. The topological polar surface area (TPSA) is 20.6 Å². The summed E-state index contributed by atoms with van der Waals surface area (Å²) < 4.78 is 5.31. The Hall–Kier alpha value is -0.310. The first-order valence-electron chi connectivity index (χ1n) is 4.36. The van der Waals surface area contributed by atoms with Gasteiger partial charge in [-0.25, -0.2) is 0 Å². The van der Waals surface area contributed by atoms with Crippen LogP contribution in [-0.2, 0) is 7.05 Å². The van der Waals surface area contributed by atoms with E-state index in [4.69, 9.17) is 0 Å². The van der Waals surface area contributed by atoms with E-state index >= 15 is 0 Å². The van der Waals surface area contributed by atoms with Crippen LogP contribution in [0.2, 0.25) is 0 Å². The standard InChI is InChI=1S/C10H9I2N3/c1-14-6-2-3-8(10(14)11)9-4-5-13-7-15(9)12/h2-7H,1H3/q+2. The van der Waals surface area contributed by atoms with Gasteiger partial charge in [0.25, 0.3) is 10.0 Å². The van der Waals surface area contributed by atoms with Crippen molar-refractivity contribution in [3.8, 4) is 11.3 Å². The molecule has 0 bridgehead atoms. The lowest BCUT2D eigenvalue weighted by molar-refractivity contribution is -0.683. The average molecular weight is 425 g/mol. The molecule has 2 aromatic rings. The summed E-state index contributed by atoms with van der Waals surface area (Å²) in [5, 5.41) is 0. The number of aromatic nitrogens is 3. The van der Waals surface area contributed by atoms with Crippen LogP contribution in [0.1, 0.15) is 0 Å². The summed E-state index contributed by atoms with van der Waals surface area (Å²) in [6, 6.07) is 6.19. The lowest BCUT2D eigenvalue weighted by Gasteiger charge is -2.00. The van der Waals surface area contributed by atoms with E-state index in [1.54, 1.807) is 6.33 Å². The van der Waals surface area contributed by atoms with E-state index in [1.807, 2.05) is 28.3 Å². The van der Waals surface area contributed by atoms with Gasteiger partial charge < -0.3 is 0 Å². The molecule has 15 heavy (non-hydrogen) atoms. The smallest absolute Gasteiger partial charge is 0.196 e. The molecule has 0 aliphatic carbocycles. The van der Waals surface area contributed by atoms with E-state index in [2.05, 4.69) is 67.1 Å². The third-order valence-electron chi connectivity index (χ3n) is 2.10. The predicted molar refractivity (Wildman–Crippen MR) is 73.2 cm³/mol. The molecule has 0 aromatic carbocycles. The van der Waals surface area contributed by atoms with Crippen molar-refractivity contribution in [1.29, 1.82) is 0 Å². The minimum absolute atomic E-state index is 1.16. The molecule has 0 aliphatic heterocycles. The molecule has 2 aromatic heterocycles. The zero-order valence-electron chi connectivity index (χ0n) is 8.06. The Morgan fingerprint density at radius 3 is 2.87 bits per heavy atom. The van der Waals surface area contributed by atoms with E-state index in [0.717, 1.165) is 5.69 Å².